The molecule has 1 aliphatic carbocycles. The van der Waals surface area contributed by atoms with E-state index < -0.39 is 41.9 Å². The number of benzene rings is 2. The summed E-state index contributed by atoms with van der Waals surface area (Å²) >= 11 is 15.5. The molecule has 0 radical (unpaired) electrons. The third kappa shape index (κ3) is 4.50. The van der Waals surface area contributed by atoms with E-state index >= 15 is 0 Å². The van der Waals surface area contributed by atoms with E-state index in [0.717, 1.165) is 14.5 Å². The molecule has 3 atom stereocenters. The summed E-state index contributed by atoms with van der Waals surface area (Å²) in [5, 5.41) is 2.13. The topological polar surface area (TPSA) is 74.8 Å². The quantitative estimate of drug-likeness (QED) is 0.292. The maximum Gasteiger partial charge on any atom is 0.274 e. The Morgan fingerprint density at radius 1 is 1.09 bits per heavy atom. The number of nitrogens with zero attached hydrogens (tertiary/aromatic N) is 2. The Kier molecular flexibility index (Phi) is 6.75. The van der Waals surface area contributed by atoms with Gasteiger partial charge in [-0.25, -0.2) is 5.01 Å². The van der Waals surface area contributed by atoms with Crippen LogP contribution in [0.3, 0.4) is 0 Å². The van der Waals surface area contributed by atoms with Crippen molar-refractivity contribution in [1.29, 1.82) is 0 Å². The maximum absolute atomic E-state index is 13.5. The second-order valence-corrected chi connectivity index (χ2v) is 9.82. The minimum Gasteiger partial charge on any atom is -0.292 e. The average molecular weight is 550 g/mol. The molecule has 0 N–H and O–H groups in total. The van der Waals surface area contributed by atoms with Crippen LogP contribution in [0.25, 0.3) is 0 Å². The Morgan fingerprint density at radius 3 is 2.42 bits per heavy atom. The molecule has 4 rings (SSSR count). The van der Waals surface area contributed by atoms with Gasteiger partial charge in [0, 0.05) is 15.1 Å². The molecule has 1 heterocycles. The van der Waals surface area contributed by atoms with Gasteiger partial charge in [-0.05, 0) is 42.7 Å². The van der Waals surface area contributed by atoms with Gasteiger partial charge in [0.2, 0.25) is 0 Å². The van der Waals surface area contributed by atoms with Crippen molar-refractivity contribution in [2.75, 3.05) is 6.54 Å². The number of halogens is 3. The second-order valence-electron chi connectivity index (χ2n) is 8.06. The van der Waals surface area contributed by atoms with Gasteiger partial charge in [-0.1, -0.05) is 70.3 Å². The fourth-order valence-electron chi connectivity index (χ4n) is 4.27. The molecule has 2 aliphatic rings. The van der Waals surface area contributed by atoms with E-state index in [1.807, 2.05) is 19.1 Å². The van der Waals surface area contributed by atoms with E-state index in [4.69, 9.17) is 23.2 Å². The summed E-state index contributed by atoms with van der Waals surface area (Å²) in [5.74, 6) is -3.47. The summed E-state index contributed by atoms with van der Waals surface area (Å²) in [4.78, 5) is 53.2. The molecule has 6 nitrogen and oxygen atoms in total. The summed E-state index contributed by atoms with van der Waals surface area (Å²) in [6.07, 6.45) is 4.17. The number of Topliss-reactive ketones (excluding diaryl/α,β-unsaturated/α-hetero) is 1. The standard InChI is InChI=1S/C24H19BrCl2N2O4/c1-13-3-2-4-18-21(13)24(33)29(23(18)32)28(12-20(30)14-5-7-15(25)8-6-14)22(31)17-10-9-16(26)11-19(17)27/h2-3,5-11,13,18,21H,4,12H2,1H3/t13-,18+,21-/m1/s1. The molecule has 1 aliphatic heterocycles. The third-order valence-corrected chi connectivity index (χ3v) is 7.02. The number of amides is 3. The van der Waals surface area contributed by atoms with Crippen LogP contribution >= 0.6 is 39.1 Å². The number of carbonyl (C=O) groups is 4. The van der Waals surface area contributed by atoms with Crippen molar-refractivity contribution in [3.8, 4) is 0 Å². The first-order chi connectivity index (χ1) is 15.7. The number of rotatable bonds is 5. The third-order valence-electron chi connectivity index (χ3n) is 5.95. The van der Waals surface area contributed by atoms with Crippen molar-refractivity contribution in [2.24, 2.45) is 17.8 Å². The van der Waals surface area contributed by atoms with Gasteiger partial charge in [0.1, 0.15) is 6.54 Å². The van der Waals surface area contributed by atoms with Crippen LogP contribution in [-0.4, -0.2) is 40.1 Å². The fourth-order valence-corrected chi connectivity index (χ4v) is 5.02. The van der Waals surface area contributed by atoms with Crippen LogP contribution in [0.5, 0.6) is 0 Å². The van der Waals surface area contributed by atoms with Crippen molar-refractivity contribution in [1.82, 2.24) is 10.0 Å². The van der Waals surface area contributed by atoms with Crippen molar-refractivity contribution < 1.29 is 19.2 Å². The van der Waals surface area contributed by atoms with Crippen molar-refractivity contribution in [3.63, 3.8) is 0 Å². The van der Waals surface area contributed by atoms with Gasteiger partial charge in [-0.3, -0.25) is 19.2 Å². The lowest BCUT2D eigenvalue weighted by Gasteiger charge is -2.30. The highest BCUT2D eigenvalue weighted by molar-refractivity contribution is 9.10. The number of ketones is 1. The van der Waals surface area contributed by atoms with Crippen LogP contribution in [0, 0.1) is 17.8 Å². The molecular formula is C24H19BrCl2N2O4. The lowest BCUT2D eigenvalue weighted by atomic mass is 9.78. The molecule has 1 saturated heterocycles. The molecule has 2 aromatic rings. The number of hydrazine groups is 1. The van der Waals surface area contributed by atoms with Gasteiger partial charge in [-0.2, -0.15) is 5.01 Å². The van der Waals surface area contributed by atoms with Crippen molar-refractivity contribution >= 4 is 62.6 Å². The van der Waals surface area contributed by atoms with E-state index in [1.165, 1.54) is 18.2 Å². The molecule has 0 unspecified atom stereocenters. The zero-order valence-corrected chi connectivity index (χ0v) is 20.6. The maximum atomic E-state index is 13.5. The van der Waals surface area contributed by atoms with Crippen molar-refractivity contribution in [2.45, 2.75) is 13.3 Å². The minimum absolute atomic E-state index is 0.0336. The van der Waals surface area contributed by atoms with Gasteiger partial charge < -0.3 is 0 Å². The summed E-state index contributed by atoms with van der Waals surface area (Å²) < 4.78 is 0.787. The predicted octanol–water partition coefficient (Wildman–Crippen LogP) is 5.19. The second kappa shape index (κ2) is 9.41. The Balaban J connectivity index is 1.73. The number of hydrogen-bond donors (Lipinski definition) is 0. The normalized spacial score (nSPS) is 21.8. The van der Waals surface area contributed by atoms with E-state index in [-0.39, 0.29) is 16.5 Å². The van der Waals surface area contributed by atoms with Crippen LogP contribution in [0.4, 0.5) is 0 Å². The molecule has 2 aromatic carbocycles. The summed E-state index contributed by atoms with van der Waals surface area (Å²) in [6, 6.07) is 10.9. The Hall–Kier alpha value is -2.48. The van der Waals surface area contributed by atoms with Gasteiger partial charge in [0.05, 0.1) is 22.4 Å². The average Bonchev–Trinajstić information content (AvgIpc) is 3.03. The summed E-state index contributed by atoms with van der Waals surface area (Å²) in [5.41, 5.74) is 0.371. The monoisotopic (exact) mass is 548 g/mol. The Bertz CT molecular complexity index is 1180. The van der Waals surface area contributed by atoms with Crippen LogP contribution < -0.4 is 0 Å². The molecule has 0 spiro atoms. The minimum atomic E-state index is -0.733. The fraction of sp³-hybridized carbons (Fsp3) is 0.250. The molecule has 3 amide bonds. The first-order valence-electron chi connectivity index (χ1n) is 10.3. The molecule has 0 bridgehead atoms. The SMILES string of the molecule is C[C@@H]1C=CC[C@@H]2C(=O)N(N(CC(=O)c3ccc(Br)cc3)C(=O)c3ccc(Cl)cc3Cl)C(=O)[C@H]12. The molecule has 1 fully saturated rings. The molecule has 33 heavy (non-hydrogen) atoms. The zero-order chi connectivity index (χ0) is 23.9. The first-order valence-corrected chi connectivity index (χ1v) is 11.8. The smallest absolute Gasteiger partial charge is 0.274 e. The van der Waals surface area contributed by atoms with Crippen LogP contribution in [0.15, 0.2) is 59.1 Å². The summed E-state index contributed by atoms with van der Waals surface area (Å²) in [7, 11) is 0. The lowest BCUT2D eigenvalue weighted by molar-refractivity contribution is -0.154. The molecule has 9 heteroatoms. The highest BCUT2D eigenvalue weighted by Gasteiger charge is 2.53. The Labute approximate surface area is 209 Å². The van der Waals surface area contributed by atoms with Crippen LogP contribution in [0.1, 0.15) is 34.1 Å². The largest absolute Gasteiger partial charge is 0.292 e. The highest BCUT2D eigenvalue weighted by atomic mass is 79.9. The highest BCUT2D eigenvalue weighted by Crippen LogP contribution is 2.39. The molecule has 170 valence electrons. The van der Waals surface area contributed by atoms with Gasteiger partial charge in [-0.15, -0.1) is 0 Å². The van der Waals surface area contributed by atoms with Gasteiger partial charge >= 0.3 is 0 Å². The first kappa shape index (κ1) is 23.7. The summed E-state index contributed by atoms with van der Waals surface area (Å²) in [6.45, 7) is 1.36. The number of imide groups is 1. The Morgan fingerprint density at radius 2 is 1.79 bits per heavy atom. The van der Waals surface area contributed by atoms with Crippen LogP contribution in [-0.2, 0) is 9.59 Å². The van der Waals surface area contributed by atoms with E-state index in [1.54, 1.807) is 24.3 Å². The molecular weight excluding hydrogens is 531 g/mol. The van der Waals surface area contributed by atoms with Gasteiger partial charge in [0.15, 0.2) is 5.78 Å². The molecule has 0 aromatic heterocycles. The number of fused-ring (bicyclic) bond motifs is 1. The van der Waals surface area contributed by atoms with Gasteiger partial charge in [0.25, 0.3) is 17.7 Å². The van der Waals surface area contributed by atoms with Crippen LogP contribution in [0.2, 0.25) is 10.0 Å². The van der Waals surface area contributed by atoms with E-state index in [2.05, 4.69) is 15.9 Å². The number of carbonyl (C=O) groups excluding carboxylic acids is 4. The van der Waals surface area contributed by atoms with Crippen molar-refractivity contribution in [3.05, 3.63) is 80.3 Å². The lowest BCUT2D eigenvalue weighted by Crippen LogP contribution is -2.52. The van der Waals surface area contributed by atoms with E-state index in [9.17, 15) is 19.2 Å². The molecule has 0 saturated carbocycles. The number of allylic oxidation sites excluding steroid dienone is 2. The number of hydrogen-bond acceptors (Lipinski definition) is 4. The predicted molar refractivity (Wildman–Crippen MR) is 128 cm³/mol. The zero-order valence-electron chi connectivity index (χ0n) is 17.5. The van der Waals surface area contributed by atoms with E-state index in [0.29, 0.717) is 17.0 Å².